The maximum Gasteiger partial charge on any atom is 0.355 e. The van der Waals surface area contributed by atoms with E-state index in [1.54, 1.807) is 6.07 Å². The number of pyridine rings is 1. The molecule has 2 aromatic carbocycles. The first kappa shape index (κ1) is 32.5. The minimum absolute atomic E-state index is 0.0582. The Morgan fingerprint density at radius 2 is 1.84 bits per heavy atom. The number of aromatic nitrogens is 3. The van der Waals surface area contributed by atoms with Crippen LogP contribution < -0.4 is 10.2 Å². The van der Waals surface area contributed by atoms with E-state index in [9.17, 15) is 20.0 Å². The highest BCUT2D eigenvalue weighted by Gasteiger charge is 2.36. The molecule has 5 aromatic rings. The average Bonchev–Trinajstić information content (AvgIpc) is 3.67. The number of nitrogens with zero attached hydrogens (tertiary/aromatic N) is 6. The lowest BCUT2D eigenvalue weighted by Crippen LogP contribution is -2.49. The van der Waals surface area contributed by atoms with E-state index < -0.39 is 5.97 Å². The molecule has 0 radical (unpaired) electrons. The van der Waals surface area contributed by atoms with Crippen LogP contribution in [0.15, 0.2) is 60.7 Å². The molecule has 1 fully saturated rings. The number of carboxylic acid groups (broad SMARTS) is 1. The van der Waals surface area contributed by atoms with Crippen LogP contribution in [0.25, 0.3) is 21.3 Å². The predicted molar refractivity (Wildman–Crippen MR) is 192 cm³/mol. The van der Waals surface area contributed by atoms with Gasteiger partial charge >= 0.3 is 5.97 Å². The van der Waals surface area contributed by atoms with Crippen molar-refractivity contribution in [1.29, 1.82) is 5.26 Å². The number of carboxylic acids is 1. The summed E-state index contributed by atoms with van der Waals surface area (Å²) < 4.78 is 3.06. The number of thiazole rings is 1. The highest BCUT2D eigenvalue weighted by atomic mass is 32.1. The van der Waals surface area contributed by atoms with Gasteiger partial charge in [0.05, 0.1) is 10.2 Å². The van der Waals surface area contributed by atoms with Gasteiger partial charge in [-0.2, -0.15) is 5.26 Å². The average molecular weight is 674 g/mol. The summed E-state index contributed by atoms with van der Waals surface area (Å²) in [7, 11) is 4.22. The maximum atomic E-state index is 13.5. The molecule has 7 rings (SSSR count). The second-order valence-corrected chi connectivity index (χ2v) is 14.4. The van der Waals surface area contributed by atoms with E-state index in [-0.39, 0.29) is 17.1 Å². The second-order valence-electron chi connectivity index (χ2n) is 13.3. The summed E-state index contributed by atoms with van der Waals surface area (Å²) in [6.45, 7) is 3.67. The summed E-state index contributed by atoms with van der Waals surface area (Å²) in [6.07, 6.45) is 6.32. The quantitative estimate of drug-likeness (QED) is 0.178. The third-order valence-electron chi connectivity index (χ3n) is 10.4. The summed E-state index contributed by atoms with van der Waals surface area (Å²) >= 11 is 1.43. The van der Waals surface area contributed by atoms with Crippen molar-refractivity contribution in [2.24, 2.45) is 0 Å². The number of fused-ring (bicyclic) bond motifs is 2. The van der Waals surface area contributed by atoms with E-state index in [4.69, 9.17) is 4.98 Å². The predicted octanol–water partition coefficient (Wildman–Crippen LogP) is 7.12. The smallest absolute Gasteiger partial charge is 0.355 e. The van der Waals surface area contributed by atoms with Crippen LogP contribution in [-0.2, 0) is 19.5 Å². The molecule has 49 heavy (non-hydrogen) atoms. The Kier molecular flexibility index (Phi) is 8.69. The number of carbonyl (C=O) groups is 2. The first-order chi connectivity index (χ1) is 23.7. The Morgan fingerprint density at radius 1 is 1.04 bits per heavy atom. The third kappa shape index (κ3) is 6.07. The molecule has 0 unspecified atom stereocenters. The molecule has 250 valence electrons. The van der Waals surface area contributed by atoms with Gasteiger partial charge in [-0.15, -0.1) is 0 Å². The fourth-order valence-corrected chi connectivity index (χ4v) is 8.41. The normalized spacial score (nSPS) is 15.6. The number of nitrogens with one attached hydrogen (secondary N) is 1. The lowest BCUT2D eigenvalue weighted by atomic mass is 9.80. The van der Waals surface area contributed by atoms with Crippen molar-refractivity contribution in [1.82, 2.24) is 19.4 Å². The number of hydrogen-bond donors (Lipinski definition) is 2. The van der Waals surface area contributed by atoms with Crippen LogP contribution in [0, 0.1) is 18.3 Å². The van der Waals surface area contributed by atoms with E-state index in [2.05, 4.69) is 39.9 Å². The molecule has 0 bridgehead atoms. The summed E-state index contributed by atoms with van der Waals surface area (Å²) in [4.78, 5) is 39.8. The first-order valence-corrected chi connectivity index (χ1v) is 17.5. The van der Waals surface area contributed by atoms with Crippen LogP contribution in [-0.4, -0.2) is 62.6 Å². The van der Waals surface area contributed by atoms with Gasteiger partial charge in [-0.1, -0.05) is 54.9 Å². The number of carbonyl (C=O) groups excluding carboxylic acids is 1. The molecule has 1 amide bonds. The Labute approximate surface area is 289 Å². The molecule has 0 atom stereocenters. The number of nitriles is 1. The largest absolute Gasteiger partial charge is 0.476 e. The number of hydrogen-bond acceptors (Lipinski definition) is 8. The van der Waals surface area contributed by atoms with E-state index >= 15 is 0 Å². The van der Waals surface area contributed by atoms with Crippen molar-refractivity contribution in [3.8, 4) is 17.2 Å². The van der Waals surface area contributed by atoms with Crippen LogP contribution in [0.1, 0.15) is 75.5 Å². The molecule has 3 aromatic heterocycles. The van der Waals surface area contributed by atoms with Gasteiger partial charge in [0.15, 0.2) is 10.8 Å². The van der Waals surface area contributed by atoms with Crippen molar-refractivity contribution < 1.29 is 14.7 Å². The minimum Gasteiger partial charge on any atom is -0.476 e. The molecule has 0 spiro atoms. The Morgan fingerprint density at radius 3 is 2.57 bits per heavy atom. The third-order valence-corrected chi connectivity index (χ3v) is 11.3. The van der Waals surface area contributed by atoms with E-state index in [1.165, 1.54) is 17.8 Å². The van der Waals surface area contributed by atoms with Gasteiger partial charge in [0.25, 0.3) is 5.91 Å². The van der Waals surface area contributed by atoms with Gasteiger partial charge in [-0.25, -0.2) is 14.8 Å². The van der Waals surface area contributed by atoms with Gasteiger partial charge in [0.2, 0.25) is 0 Å². The summed E-state index contributed by atoms with van der Waals surface area (Å²) in [6, 6.07) is 21.3. The van der Waals surface area contributed by atoms with Crippen LogP contribution in [0.3, 0.4) is 0 Å². The van der Waals surface area contributed by atoms with Gasteiger partial charge in [-0.3, -0.25) is 10.1 Å². The van der Waals surface area contributed by atoms with Crippen LogP contribution in [0.2, 0.25) is 0 Å². The standard InChI is InChI=1S/C38H39N7O3S/c1-24-29(20-26(21-39)45(24)23-38(43(2)3)17-7-4-8-18-38)27-14-15-33(41-34(27)36(47)48)44-19-16-25-10-9-11-28(30(25)22-44)35(46)42-37-40-31-12-5-6-13-32(31)49-37/h5-6,9-15,20H,4,7-8,16-19,22-23H2,1-3H3,(H,47,48)(H,40,42,46). The van der Waals surface area contributed by atoms with Crippen molar-refractivity contribution >= 4 is 44.4 Å². The summed E-state index contributed by atoms with van der Waals surface area (Å²) in [5.41, 5.74) is 5.82. The minimum atomic E-state index is -1.13. The zero-order valence-corrected chi connectivity index (χ0v) is 28.8. The van der Waals surface area contributed by atoms with Gasteiger partial charge < -0.3 is 19.5 Å². The monoisotopic (exact) mass is 673 g/mol. The molecule has 1 aliphatic carbocycles. The maximum absolute atomic E-state index is 13.5. The summed E-state index contributed by atoms with van der Waals surface area (Å²) in [5, 5.41) is 24.1. The highest BCUT2D eigenvalue weighted by Crippen LogP contribution is 2.38. The van der Waals surface area contributed by atoms with E-state index in [0.717, 1.165) is 52.7 Å². The van der Waals surface area contributed by atoms with Crippen molar-refractivity contribution in [2.75, 3.05) is 30.9 Å². The number of rotatable bonds is 8. The molecule has 1 saturated carbocycles. The lowest BCUT2D eigenvalue weighted by molar-refractivity contribution is 0.0691. The Balaban J connectivity index is 1.18. The second kappa shape index (κ2) is 13.1. The van der Waals surface area contributed by atoms with Gasteiger partial charge in [0, 0.05) is 47.6 Å². The van der Waals surface area contributed by atoms with Crippen LogP contribution >= 0.6 is 11.3 Å². The van der Waals surface area contributed by atoms with Crippen molar-refractivity contribution in [3.63, 3.8) is 0 Å². The Bertz CT molecular complexity index is 2090. The molecule has 4 heterocycles. The topological polar surface area (TPSA) is 127 Å². The van der Waals surface area contributed by atoms with E-state index in [1.807, 2.05) is 66.4 Å². The number of para-hydroxylation sites is 1. The SMILES string of the molecule is Cc1c(-c2ccc(N3CCc4cccc(C(=O)Nc5nc6ccccc6s5)c4C3)nc2C(=O)O)cc(C#N)n1CC1(N(C)C)CCCCC1. The number of aromatic carboxylic acids is 1. The van der Waals surface area contributed by atoms with E-state index in [0.29, 0.717) is 59.4 Å². The molecular weight excluding hydrogens is 635 g/mol. The van der Waals surface area contributed by atoms with Crippen LogP contribution in [0.4, 0.5) is 10.9 Å². The fourth-order valence-electron chi connectivity index (χ4n) is 7.55. The van der Waals surface area contributed by atoms with Gasteiger partial charge in [0.1, 0.15) is 17.6 Å². The molecule has 10 nitrogen and oxygen atoms in total. The number of benzene rings is 2. The number of amides is 1. The molecular formula is C38H39N7O3S. The lowest BCUT2D eigenvalue weighted by Gasteiger charge is -2.43. The molecule has 0 saturated heterocycles. The highest BCUT2D eigenvalue weighted by molar-refractivity contribution is 7.22. The van der Waals surface area contributed by atoms with Crippen molar-refractivity contribution in [2.45, 2.75) is 64.1 Å². The fraction of sp³-hybridized carbons (Fsp3) is 0.342. The first-order valence-electron chi connectivity index (χ1n) is 16.7. The molecule has 2 aliphatic rings. The van der Waals surface area contributed by atoms with Crippen molar-refractivity contribution in [3.05, 3.63) is 94.4 Å². The number of anilines is 2. The summed E-state index contributed by atoms with van der Waals surface area (Å²) in [5.74, 6) is -0.836. The molecule has 1 aliphatic heterocycles. The van der Waals surface area contributed by atoms with Gasteiger partial charge in [-0.05, 0) is 87.8 Å². The number of likely N-dealkylation sites (N-methyl/N-ethyl adjacent to an activating group) is 1. The molecule has 11 heteroatoms. The molecule has 2 N–H and O–H groups in total. The zero-order chi connectivity index (χ0) is 34.3. The Hall–Kier alpha value is -5.05. The zero-order valence-electron chi connectivity index (χ0n) is 28.0. The van der Waals surface area contributed by atoms with Crippen LogP contribution in [0.5, 0.6) is 0 Å².